The van der Waals surface area contributed by atoms with Gasteiger partial charge in [-0.1, -0.05) is 29.3 Å². The third-order valence-electron chi connectivity index (χ3n) is 3.74. The lowest BCUT2D eigenvalue weighted by Gasteiger charge is -2.48. The molecule has 7 nitrogen and oxygen atoms in total. The summed E-state index contributed by atoms with van der Waals surface area (Å²) in [5, 5.41) is 0.876. The molecule has 0 amide bonds. The zero-order valence-corrected chi connectivity index (χ0v) is 13.5. The zero-order valence-electron chi connectivity index (χ0n) is 12.0. The SMILES string of the molecule is NC[C@@]12OCCN(Cc3ccc(Cl)c(Cl)c3)C1OC(=O)C(=O)O2. The minimum Gasteiger partial charge on any atom is -0.431 e. The largest absolute Gasteiger partial charge is 0.431 e. The van der Waals surface area contributed by atoms with Crippen LogP contribution < -0.4 is 5.73 Å². The highest BCUT2D eigenvalue weighted by Crippen LogP contribution is 2.32. The molecule has 9 heteroatoms. The number of carbonyl (C=O) groups excluding carboxylic acids is 2. The lowest BCUT2D eigenvalue weighted by atomic mass is 10.1. The predicted molar refractivity (Wildman–Crippen MR) is 80.6 cm³/mol. The maximum absolute atomic E-state index is 11.5. The number of fused-ring (bicyclic) bond motifs is 1. The molecule has 3 rings (SSSR count). The van der Waals surface area contributed by atoms with E-state index in [9.17, 15) is 9.59 Å². The summed E-state index contributed by atoms with van der Waals surface area (Å²) in [5.74, 6) is -3.66. The molecule has 0 spiro atoms. The molecule has 1 aromatic carbocycles. The standard InChI is InChI=1S/C14H14Cl2N2O5/c15-9-2-1-8(5-10(9)16)6-18-3-4-21-14(7-17)13(18)22-11(19)12(20)23-14/h1-2,5,13H,3-4,6-7,17H2/t13?,14-/m0/s1. The normalized spacial score (nSPS) is 28.0. The first kappa shape index (κ1) is 16.5. The number of ether oxygens (including phenoxy) is 3. The van der Waals surface area contributed by atoms with Gasteiger partial charge in [-0.25, -0.2) is 9.59 Å². The van der Waals surface area contributed by atoms with Crippen molar-refractivity contribution < 1.29 is 23.8 Å². The topological polar surface area (TPSA) is 91.1 Å². The summed E-state index contributed by atoms with van der Waals surface area (Å²) in [6.07, 6.45) is -0.916. The van der Waals surface area contributed by atoms with Crippen LogP contribution in [0.1, 0.15) is 5.56 Å². The molecule has 124 valence electrons. The molecule has 23 heavy (non-hydrogen) atoms. The van der Waals surface area contributed by atoms with Crippen molar-refractivity contribution in [3.8, 4) is 0 Å². The number of morpholine rings is 1. The molecule has 2 fully saturated rings. The molecule has 2 saturated heterocycles. The fourth-order valence-corrected chi connectivity index (χ4v) is 2.95. The van der Waals surface area contributed by atoms with Gasteiger partial charge in [-0.3, -0.25) is 4.90 Å². The van der Waals surface area contributed by atoms with Gasteiger partial charge < -0.3 is 19.9 Å². The van der Waals surface area contributed by atoms with Crippen molar-refractivity contribution in [2.75, 3.05) is 19.7 Å². The number of nitrogens with zero attached hydrogens (tertiary/aromatic N) is 1. The number of rotatable bonds is 3. The van der Waals surface area contributed by atoms with Gasteiger partial charge in [-0.05, 0) is 17.7 Å². The highest BCUT2D eigenvalue weighted by atomic mass is 35.5. The Labute approximate surface area is 142 Å². The molecule has 2 heterocycles. The third-order valence-corrected chi connectivity index (χ3v) is 4.48. The Kier molecular flexibility index (Phi) is 4.48. The van der Waals surface area contributed by atoms with E-state index in [-0.39, 0.29) is 13.2 Å². The van der Waals surface area contributed by atoms with Crippen LogP contribution in [0.15, 0.2) is 18.2 Å². The van der Waals surface area contributed by atoms with Crippen molar-refractivity contribution in [3.05, 3.63) is 33.8 Å². The third kappa shape index (κ3) is 3.02. The summed E-state index contributed by atoms with van der Waals surface area (Å²) in [6, 6.07) is 5.22. The van der Waals surface area contributed by atoms with Gasteiger partial charge in [0.25, 0.3) is 5.79 Å². The van der Waals surface area contributed by atoms with Crippen LogP contribution in [0, 0.1) is 0 Å². The zero-order chi connectivity index (χ0) is 16.6. The van der Waals surface area contributed by atoms with E-state index in [1.54, 1.807) is 17.0 Å². The molecule has 1 unspecified atom stereocenters. The molecule has 0 aromatic heterocycles. The number of halogens is 2. The van der Waals surface area contributed by atoms with Crippen LogP contribution in [-0.4, -0.2) is 48.5 Å². The molecular weight excluding hydrogens is 347 g/mol. The first-order valence-corrected chi connectivity index (χ1v) is 7.67. The highest BCUT2D eigenvalue weighted by Gasteiger charge is 2.56. The monoisotopic (exact) mass is 360 g/mol. The molecule has 0 aliphatic carbocycles. The van der Waals surface area contributed by atoms with Crippen molar-refractivity contribution in [1.82, 2.24) is 4.90 Å². The average molecular weight is 361 g/mol. The quantitative estimate of drug-likeness (QED) is 0.632. The predicted octanol–water partition coefficient (Wildman–Crippen LogP) is 0.907. The second-order valence-electron chi connectivity index (χ2n) is 5.23. The summed E-state index contributed by atoms with van der Waals surface area (Å²) in [4.78, 5) is 24.8. The van der Waals surface area contributed by atoms with Gasteiger partial charge in [0.2, 0.25) is 6.23 Å². The van der Waals surface area contributed by atoms with Crippen LogP contribution in [0.25, 0.3) is 0 Å². The number of hydrogen-bond donors (Lipinski definition) is 1. The molecule has 0 bridgehead atoms. The van der Waals surface area contributed by atoms with Crippen LogP contribution in [0.2, 0.25) is 10.0 Å². The van der Waals surface area contributed by atoms with E-state index < -0.39 is 24.0 Å². The van der Waals surface area contributed by atoms with E-state index >= 15 is 0 Å². The van der Waals surface area contributed by atoms with Crippen LogP contribution in [-0.2, 0) is 30.3 Å². The van der Waals surface area contributed by atoms with E-state index in [0.29, 0.717) is 23.1 Å². The Morgan fingerprint density at radius 3 is 2.74 bits per heavy atom. The Morgan fingerprint density at radius 2 is 2.04 bits per heavy atom. The van der Waals surface area contributed by atoms with Crippen LogP contribution >= 0.6 is 23.2 Å². The Morgan fingerprint density at radius 1 is 1.26 bits per heavy atom. The van der Waals surface area contributed by atoms with Crippen molar-refractivity contribution in [2.24, 2.45) is 5.73 Å². The van der Waals surface area contributed by atoms with Crippen LogP contribution in [0.3, 0.4) is 0 Å². The van der Waals surface area contributed by atoms with Crippen molar-refractivity contribution in [3.63, 3.8) is 0 Å². The van der Waals surface area contributed by atoms with E-state index in [1.807, 2.05) is 6.07 Å². The first-order chi connectivity index (χ1) is 10.9. The molecule has 0 saturated carbocycles. The van der Waals surface area contributed by atoms with Gasteiger partial charge in [0, 0.05) is 13.1 Å². The van der Waals surface area contributed by atoms with Gasteiger partial charge in [0.15, 0.2) is 0 Å². The Balaban J connectivity index is 1.85. The number of esters is 2. The summed E-state index contributed by atoms with van der Waals surface area (Å²) >= 11 is 11.9. The van der Waals surface area contributed by atoms with Crippen molar-refractivity contribution >= 4 is 35.1 Å². The molecular formula is C14H14Cl2N2O5. The van der Waals surface area contributed by atoms with Crippen LogP contribution in [0.5, 0.6) is 0 Å². The number of nitrogens with two attached hydrogens (primary N) is 1. The van der Waals surface area contributed by atoms with E-state index in [1.165, 1.54) is 0 Å². The minimum absolute atomic E-state index is 0.130. The van der Waals surface area contributed by atoms with Gasteiger partial charge in [-0.15, -0.1) is 0 Å². The molecule has 2 aliphatic rings. The number of carbonyl (C=O) groups is 2. The molecule has 2 aliphatic heterocycles. The summed E-state index contributed by atoms with van der Waals surface area (Å²) < 4.78 is 15.8. The fraction of sp³-hybridized carbons (Fsp3) is 0.429. The minimum atomic E-state index is -1.49. The van der Waals surface area contributed by atoms with E-state index in [0.717, 1.165) is 5.56 Å². The second kappa shape index (κ2) is 6.26. The molecule has 2 N–H and O–H groups in total. The summed E-state index contributed by atoms with van der Waals surface area (Å²) in [7, 11) is 0. The summed E-state index contributed by atoms with van der Waals surface area (Å²) in [6.45, 7) is 1.02. The molecule has 2 atom stereocenters. The van der Waals surface area contributed by atoms with Gasteiger partial charge in [0.05, 0.1) is 23.2 Å². The van der Waals surface area contributed by atoms with Crippen LogP contribution in [0.4, 0.5) is 0 Å². The summed E-state index contributed by atoms with van der Waals surface area (Å²) in [5.41, 5.74) is 6.56. The Bertz CT molecular complexity index is 656. The number of benzene rings is 1. The first-order valence-electron chi connectivity index (χ1n) is 6.91. The number of hydrogen-bond acceptors (Lipinski definition) is 7. The van der Waals surface area contributed by atoms with Gasteiger partial charge in [-0.2, -0.15) is 0 Å². The lowest BCUT2D eigenvalue weighted by Crippen LogP contribution is -2.69. The molecule has 1 aromatic rings. The smallest absolute Gasteiger partial charge is 0.420 e. The average Bonchev–Trinajstić information content (AvgIpc) is 2.53. The van der Waals surface area contributed by atoms with Gasteiger partial charge >= 0.3 is 11.9 Å². The van der Waals surface area contributed by atoms with Crippen molar-refractivity contribution in [1.29, 1.82) is 0 Å². The maximum atomic E-state index is 11.5. The Hall–Kier alpha value is -1.38. The van der Waals surface area contributed by atoms with Crippen molar-refractivity contribution in [2.45, 2.75) is 18.6 Å². The van der Waals surface area contributed by atoms with Gasteiger partial charge in [0.1, 0.15) is 0 Å². The highest BCUT2D eigenvalue weighted by molar-refractivity contribution is 6.42. The second-order valence-corrected chi connectivity index (χ2v) is 6.04. The van der Waals surface area contributed by atoms with E-state index in [2.05, 4.69) is 0 Å². The van der Waals surface area contributed by atoms with E-state index in [4.69, 9.17) is 43.1 Å². The fourth-order valence-electron chi connectivity index (χ4n) is 2.63. The maximum Gasteiger partial charge on any atom is 0.420 e. The molecule has 0 radical (unpaired) electrons. The lowest BCUT2D eigenvalue weighted by molar-refractivity contribution is -0.336.